The van der Waals surface area contributed by atoms with E-state index in [1.54, 1.807) is 13.8 Å². The molecule has 0 saturated heterocycles. The van der Waals surface area contributed by atoms with E-state index >= 15 is 0 Å². The van der Waals surface area contributed by atoms with Gasteiger partial charge >= 0.3 is 5.97 Å². The Morgan fingerprint density at radius 3 is 2.53 bits per heavy atom. The van der Waals surface area contributed by atoms with Crippen LogP contribution in [-0.4, -0.2) is 46.6 Å². The Morgan fingerprint density at radius 2 is 2.11 bits per heavy atom. The van der Waals surface area contributed by atoms with Crippen molar-refractivity contribution in [3.63, 3.8) is 0 Å². The molecular weight excluding hydrogens is 270 g/mol. The van der Waals surface area contributed by atoms with Gasteiger partial charge in [-0.05, 0) is 26.7 Å². The van der Waals surface area contributed by atoms with Crippen LogP contribution in [0.3, 0.4) is 0 Å². The first-order valence-electron chi connectivity index (χ1n) is 6.09. The molecule has 1 aliphatic rings. The van der Waals surface area contributed by atoms with Gasteiger partial charge in [-0.2, -0.15) is 9.40 Å². The molecule has 106 valence electrons. The number of sulfonamides is 1. The second-order valence-corrected chi connectivity index (χ2v) is 6.58. The highest BCUT2D eigenvalue weighted by Gasteiger charge is 2.40. The fourth-order valence-electron chi connectivity index (χ4n) is 2.11. The van der Waals surface area contributed by atoms with Crippen LogP contribution >= 0.6 is 0 Å². The predicted molar refractivity (Wildman–Crippen MR) is 67.2 cm³/mol. The Labute approximate surface area is 111 Å². The summed E-state index contributed by atoms with van der Waals surface area (Å²) in [5, 5.41) is 15.3. The highest BCUT2D eigenvalue weighted by molar-refractivity contribution is 7.89. The number of hydrogen-bond donors (Lipinski definition) is 2. The number of carboxylic acids is 1. The minimum Gasteiger partial charge on any atom is -0.481 e. The summed E-state index contributed by atoms with van der Waals surface area (Å²) in [5.74, 6) is -0.999. The van der Waals surface area contributed by atoms with Crippen molar-refractivity contribution >= 4 is 16.0 Å². The first-order chi connectivity index (χ1) is 8.84. The van der Waals surface area contributed by atoms with Crippen LogP contribution in [0.15, 0.2) is 4.90 Å². The lowest BCUT2D eigenvalue weighted by molar-refractivity contribution is -0.137. The number of nitrogens with one attached hydrogen (secondary N) is 1. The maximum absolute atomic E-state index is 12.6. The van der Waals surface area contributed by atoms with Gasteiger partial charge in [-0.1, -0.05) is 0 Å². The third-order valence-electron chi connectivity index (χ3n) is 3.13. The van der Waals surface area contributed by atoms with E-state index in [9.17, 15) is 13.2 Å². The van der Waals surface area contributed by atoms with Crippen molar-refractivity contribution in [1.82, 2.24) is 14.5 Å². The smallest absolute Gasteiger partial charge is 0.304 e. The molecule has 2 rings (SSSR count). The second kappa shape index (κ2) is 4.93. The summed E-state index contributed by atoms with van der Waals surface area (Å²) in [7, 11) is -3.68. The van der Waals surface area contributed by atoms with E-state index < -0.39 is 16.0 Å². The molecule has 1 fully saturated rings. The number of rotatable bonds is 6. The summed E-state index contributed by atoms with van der Waals surface area (Å²) in [6.07, 6.45) is 1.38. The largest absolute Gasteiger partial charge is 0.481 e. The van der Waals surface area contributed by atoms with Gasteiger partial charge in [0.05, 0.1) is 17.8 Å². The maximum atomic E-state index is 12.6. The average Bonchev–Trinajstić information content (AvgIpc) is 3.04. The summed E-state index contributed by atoms with van der Waals surface area (Å²) < 4.78 is 26.5. The number of carbonyl (C=O) groups is 1. The fraction of sp³-hybridized carbons (Fsp3) is 0.636. The molecule has 0 aliphatic heterocycles. The predicted octanol–water partition coefficient (Wildman–Crippen LogP) is 0.654. The van der Waals surface area contributed by atoms with Crippen molar-refractivity contribution in [2.24, 2.45) is 0 Å². The molecule has 0 aromatic carbocycles. The van der Waals surface area contributed by atoms with Crippen molar-refractivity contribution in [2.75, 3.05) is 6.54 Å². The maximum Gasteiger partial charge on any atom is 0.304 e. The summed E-state index contributed by atoms with van der Waals surface area (Å²) in [6.45, 7) is 3.28. The average molecular weight is 287 g/mol. The van der Waals surface area contributed by atoms with Gasteiger partial charge in [0.15, 0.2) is 0 Å². The first kappa shape index (κ1) is 14.0. The van der Waals surface area contributed by atoms with Crippen LogP contribution in [0.2, 0.25) is 0 Å². The number of aryl methyl sites for hydroxylation is 2. The van der Waals surface area contributed by atoms with Crippen molar-refractivity contribution in [3.05, 3.63) is 11.4 Å². The second-order valence-electron chi connectivity index (χ2n) is 4.75. The third kappa shape index (κ3) is 2.79. The first-order valence-corrected chi connectivity index (χ1v) is 7.53. The van der Waals surface area contributed by atoms with E-state index in [2.05, 4.69) is 10.2 Å². The highest BCUT2D eigenvalue weighted by atomic mass is 32.2. The molecule has 1 aromatic rings. The van der Waals surface area contributed by atoms with Gasteiger partial charge in [0.2, 0.25) is 10.0 Å². The molecule has 0 atom stereocenters. The Balaban J connectivity index is 2.32. The zero-order valence-corrected chi connectivity index (χ0v) is 11.7. The van der Waals surface area contributed by atoms with Crippen LogP contribution in [0.1, 0.15) is 30.7 Å². The molecule has 0 unspecified atom stereocenters. The molecule has 0 amide bonds. The molecule has 1 aromatic heterocycles. The van der Waals surface area contributed by atoms with Crippen LogP contribution < -0.4 is 0 Å². The number of H-pyrrole nitrogens is 1. The van der Waals surface area contributed by atoms with Crippen LogP contribution in [0.25, 0.3) is 0 Å². The monoisotopic (exact) mass is 287 g/mol. The Hall–Kier alpha value is -1.41. The normalized spacial score (nSPS) is 15.9. The molecule has 1 heterocycles. The summed E-state index contributed by atoms with van der Waals surface area (Å²) in [4.78, 5) is 10.8. The minimum absolute atomic E-state index is 0.00634. The van der Waals surface area contributed by atoms with Gasteiger partial charge in [0, 0.05) is 12.6 Å². The lowest BCUT2D eigenvalue weighted by Gasteiger charge is -2.21. The topological polar surface area (TPSA) is 103 Å². The van der Waals surface area contributed by atoms with E-state index in [1.807, 2.05) is 0 Å². The zero-order chi connectivity index (χ0) is 14.2. The van der Waals surface area contributed by atoms with Crippen molar-refractivity contribution < 1.29 is 18.3 Å². The summed E-state index contributed by atoms with van der Waals surface area (Å²) in [6, 6.07) is -0.0713. The van der Waals surface area contributed by atoms with Crippen LogP contribution in [0.4, 0.5) is 0 Å². The Morgan fingerprint density at radius 1 is 1.47 bits per heavy atom. The zero-order valence-electron chi connectivity index (χ0n) is 10.9. The lowest BCUT2D eigenvalue weighted by Crippen LogP contribution is -2.35. The van der Waals surface area contributed by atoms with Gasteiger partial charge in [-0.15, -0.1) is 0 Å². The van der Waals surface area contributed by atoms with E-state index in [4.69, 9.17) is 5.11 Å². The molecule has 0 radical (unpaired) electrons. The molecular formula is C11H17N3O4S. The number of aromatic nitrogens is 2. The summed E-state index contributed by atoms with van der Waals surface area (Å²) in [5.41, 5.74) is 0.900. The van der Waals surface area contributed by atoms with Crippen molar-refractivity contribution in [3.8, 4) is 0 Å². The number of carboxylic acid groups (broad SMARTS) is 1. The van der Waals surface area contributed by atoms with Crippen LogP contribution in [0.5, 0.6) is 0 Å². The SMILES string of the molecule is Cc1n[nH]c(C)c1S(=O)(=O)N(CCC(=O)O)C1CC1. The fourth-order valence-corrected chi connectivity index (χ4v) is 4.13. The van der Waals surface area contributed by atoms with Gasteiger partial charge in [-0.25, -0.2) is 8.42 Å². The van der Waals surface area contributed by atoms with Gasteiger partial charge in [-0.3, -0.25) is 9.89 Å². The molecule has 1 saturated carbocycles. The molecule has 19 heavy (non-hydrogen) atoms. The lowest BCUT2D eigenvalue weighted by atomic mass is 10.4. The van der Waals surface area contributed by atoms with Crippen molar-refractivity contribution in [1.29, 1.82) is 0 Å². The number of hydrogen-bond acceptors (Lipinski definition) is 4. The van der Waals surface area contributed by atoms with Crippen LogP contribution in [-0.2, 0) is 14.8 Å². The minimum atomic E-state index is -3.68. The molecule has 7 nitrogen and oxygen atoms in total. The molecule has 2 N–H and O–H groups in total. The highest BCUT2D eigenvalue weighted by Crippen LogP contribution is 2.33. The van der Waals surface area contributed by atoms with Gasteiger partial charge in [0.25, 0.3) is 0 Å². The van der Waals surface area contributed by atoms with E-state index in [0.717, 1.165) is 12.8 Å². The molecule has 0 spiro atoms. The van der Waals surface area contributed by atoms with E-state index in [-0.39, 0.29) is 23.9 Å². The quantitative estimate of drug-likeness (QED) is 0.799. The van der Waals surface area contributed by atoms with Crippen LogP contribution in [0, 0.1) is 13.8 Å². The van der Waals surface area contributed by atoms with E-state index in [1.165, 1.54) is 4.31 Å². The third-order valence-corrected chi connectivity index (χ3v) is 5.34. The molecule has 1 aliphatic carbocycles. The number of aromatic amines is 1. The number of nitrogens with zero attached hydrogens (tertiary/aromatic N) is 2. The molecule has 8 heteroatoms. The summed E-state index contributed by atoms with van der Waals surface area (Å²) >= 11 is 0. The van der Waals surface area contributed by atoms with E-state index in [0.29, 0.717) is 11.4 Å². The molecule has 0 bridgehead atoms. The van der Waals surface area contributed by atoms with Crippen molar-refractivity contribution in [2.45, 2.75) is 44.0 Å². The number of aliphatic carboxylic acids is 1. The Bertz CT molecular complexity index is 570. The Kier molecular flexibility index (Phi) is 3.64. The van der Waals surface area contributed by atoms with Gasteiger partial charge in [0.1, 0.15) is 4.90 Å². The van der Waals surface area contributed by atoms with Gasteiger partial charge < -0.3 is 5.11 Å². The standard InChI is InChI=1S/C11H17N3O4S/c1-7-11(8(2)13-12-7)19(17,18)14(9-3-4-9)6-5-10(15)16/h9H,3-6H2,1-2H3,(H,12,13)(H,15,16).